The lowest BCUT2D eigenvalue weighted by Crippen LogP contribution is -1.91. The predicted molar refractivity (Wildman–Crippen MR) is 88.6 cm³/mol. The Labute approximate surface area is 141 Å². The van der Waals surface area contributed by atoms with Crippen LogP contribution in [-0.2, 0) is 4.79 Å². The van der Waals surface area contributed by atoms with E-state index in [0.717, 1.165) is 6.08 Å². The van der Waals surface area contributed by atoms with Crippen LogP contribution in [0.25, 0.3) is 17.2 Å². The van der Waals surface area contributed by atoms with Gasteiger partial charge < -0.3 is 5.11 Å². The maximum atomic E-state index is 10.7. The van der Waals surface area contributed by atoms with Crippen LogP contribution in [-0.4, -0.2) is 11.1 Å². The maximum absolute atomic E-state index is 10.7. The highest BCUT2D eigenvalue weighted by Gasteiger charge is 2.17. The molecule has 0 saturated heterocycles. The number of hydrogen-bond acceptors (Lipinski definition) is 1. The number of hydrogen-bond donors (Lipinski definition) is 1. The number of carbonyl (C=O) groups is 1. The van der Waals surface area contributed by atoms with Crippen LogP contribution in [0.4, 0.5) is 0 Å². The van der Waals surface area contributed by atoms with Crippen molar-refractivity contribution < 1.29 is 9.90 Å². The van der Waals surface area contributed by atoms with Gasteiger partial charge in [-0.3, -0.25) is 0 Å². The molecule has 0 amide bonds. The van der Waals surface area contributed by atoms with Gasteiger partial charge in [0.15, 0.2) is 0 Å². The zero-order valence-electron chi connectivity index (χ0n) is 10.4. The Morgan fingerprint density at radius 2 is 1.52 bits per heavy atom. The van der Waals surface area contributed by atoms with Crippen molar-refractivity contribution in [3.63, 3.8) is 0 Å². The smallest absolute Gasteiger partial charge is 0.328 e. The van der Waals surface area contributed by atoms with Gasteiger partial charge in [-0.1, -0.05) is 58.5 Å². The van der Waals surface area contributed by atoms with Gasteiger partial charge in [0.1, 0.15) is 0 Å². The molecule has 0 radical (unpaired) electrons. The molecule has 0 aliphatic rings. The minimum atomic E-state index is -1.07. The Kier molecular flexibility index (Phi) is 5.17. The fourth-order valence-electron chi connectivity index (χ4n) is 1.86. The van der Waals surface area contributed by atoms with Crippen molar-refractivity contribution in [2.75, 3.05) is 0 Å². The molecule has 0 unspecified atom stereocenters. The third-order valence-electron chi connectivity index (χ3n) is 2.75. The third kappa shape index (κ3) is 3.53. The number of carboxylic acids is 1. The summed E-state index contributed by atoms with van der Waals surface area (Å²) in [6.45, 7) is 0. The summed E-state index contributed by atoms with van der Waals surface area (Å²) in [7, 11) is 0. The van der Waals surface area contributed by atoms with E-state index in [0.29, 0.717) is 31.8 Å². The van der Waals surface area contributed by atoms with E-state index < -0.39 is 5.97 Å². The SMILES string of the molecule is O=C(O)/C=C\c1cccc(Cl)c1-c1c(Cl)ccc(Cl)c1Cl. The molecule has 0 saturated carbocycles. The molecule has 2 aromatic rings. The first-order valence-corrected chi connectivity index (χ1v) is 7.26. The Hall–Kier alpha value is -1.19. The fourth-order valence-corrected chi connectivity index (χ4v) is 2.85. The lowest BCUT2D eigenvalue weighted by Gasteiger charge is -2.13. The van der Waals surface area contributed by atoms with Crippen LogP contribution in [0.5, 0.6) is 0 Å². The molecule has 6 heteroatoms. The van der Waals surface area contributed by atoms with Gasteiger partial charge >= 0.3 is 5.97 Å². The number of rotatable bonds is 3. The molecule has 0 spiro atoms. The highest BCUT2D eigenvalue weighted by molar-refractivity contribution is 6.47. The Bertz CT molecular complexity index is 739. The van der Waals surface area contributed by atoms with Gasteiger partial charge in [0, 0.05) is 22.2 Å². The van der Waals surface area contributed by atoms with Gasteiger partial charge in [-0.25, -0.2) is 4.79 Å². The van der Waals surface area contributed by atoms with E-state index in [1.165, 1.54) is 6.08 Å². The fraction of sp³-hybridized carbons (Fsp3) is 0. The van der Waals surface area contributed by atoms with Crippen molar-refractivity contribution in [2.24, 2.45) is 0 Å². The molecule has 0 fully saturated rings. The zero-order valence-corrected chi connectivity index (χ0v) is 13.4. The molecule has 0 heterocycles. The van der Waals surface area contributed by atoms with Crippen molar-refractivity contribution >= 4 is 58.4 Å². The van der Waals surface area contributed by atoms with Crippen molar-refractivity contribution in [2.45, 2.75) is 0 Å². The van der Waals surface area contributed by atoms with Crippen molar-refractivity contribution in [1.29, 1.82) is 0 Å². The van der Waals surface area contributed by atoms with Crippen LogP contribution in [0.15, 0.2) is 36.4 Å². The average Bonchev–Trinajstić information content (AvgIpc) is 2.43. The van der Waals surface area contributed by atoms with Crippen LogP contribution in [0.1, 0.15) is 5.56 Å². The Morgan fingerprint density at radius 3 is 2.19 bits per heavy atom. The maximum Gasteiger partial charge on any atom is 0.328 e. The van der Waals surface area contributed by atoms with Gasteiger partial charge in [-0.15, -0.1) is 0 Å². The highest BCUT2D eigenvalue weighted by Crippen LogP contribution is 2.43. The average molecular weight is 362 g/mol. The molecule has 0 bridgehead atoms. The standard InChI is InChI=1S/C15H8Cl4O2/c16-9-3-1-2-8(4-7-12(20)21)13(9)14-10(17)5-6-11(18)15(14)19/h1-7H,(H,20,21)/b7-4-. The molecule has 2 rings (SSSR count). The van der Waals surface area contributed by atoms with E-state index in [4.69, 9.17) is 51.5 Å². The van der Waals surface area contributed by atoms with E-state index in [1.807, 2.05) is 0 Å². The molecule has 2 nitrogen and oxygen atoms in total. The van der Waals surface area contributed by atoms with E-state index in [-0.39, 0.29) is 5.02 Å². The van der Waals surface area contributed by atoms with Crippen molar-refractivity contribution in [3.05, 3.63) is 62.1 Å². The molecular weight excluding hydrogens is 354 g/mol. The van der Waals surface area contributed by atoms with Gasteiger partial charge in [-0.05, 0) is 29.8 Å². The monoisotopic (exact) mass is 360 g/mol. The summed E-state index contributed by atoms with van der Waals surface area (Å²) < 4.78 is 0. The summed E-state index contributed by atoms with van der Waals surface area (Å²) in [4.78, 5) is 10.7. The van der Waals surface area contributed by atoms with Gasteiger partial charge in [0.05, 0.1) is 15.1 Å². The lowest BCUT2D eigenvalue weighted by molar-refractivity contribution is -0.131. The van der Waals surface area contributed by atoms with Crippen LogP contribution in [0.2, 0.25) is 20.1 Å². The first kappa shape index (κ1) is 16.2. The molecule has 0 atom stereocenters. The number of halogens is 4. The van der Waals surface area contributed by atoms with Crippen LogP contribution in [0, 0.1) is 0 Å². The summed E-state index contributed by atoms with van der Waals surface area (Å²) in [6.07, 6.45) is 2.44. The highest BCUT2D eigenvalue weighted by atomic mass is 35.5. The van der Waals surface area contributed by atoms with E-state index in [9.17, 15) is 4.79 Å². The number of benzene rings is 2. The summed E-state index contributed by atoms with van der Waals surface area (Å²) >= 11 is 24.7. The van der Waals surface area contributed by atoms with E-state index in [1.54, 1.807) is 30.3 Å². The second kappa shape index (κ2) is 6.71. The first-order valence-electron chi connectivity index (χ1n) is 5.75. The summed E-state index contributed by atoms with van der Waals surface area (Å²) in [5, 5.41) is 10.1. The van der Waals surface area contributed by atoms with Gasteiger partial charge in [0.25, 0.3) is 0 Å². The molecule has 0 aliphatic heterocycles. The van der Waals surface area contributed by atoms with E-state index in [2.05, 4.69) is 0 Å². The summed E-state index contributed by atoms with van der Waals surface area (Å²) in [5.74, 6) is -1.07. The molecule has 0 aliphatic carbocycles. The van der Waals surface area contributed by atoms with Crippen LogP contribution >= 0.6 is 46.4 Å². The van der Waals surface area contributed by atoms with Crippen LogP contribution in [0.3, 0.4) is 0 Å². The van der Waals surface area contributed by atoms with E-state index >= 15 is 0 Å². The summed E-state index contributed by atoms with van der Waals surface area (Å²) in [6, 6.07) is 8.29. The topological polar surface area (TPSA) is 37.3 Å². The minimum absolute atomic E-state index is 0.266. The van der Waals surface area contributed by atoms with Crippen LogP contribution < -0.4 is 0 Å². The van der Waals surface area contributed by atoms with Gasteiger partial charge in [0.2, 0.25) is 0 Å². The first-order chi connectivity index (χ1) is 9.91. The van der Waals surface area contributed by atoms with Gasteiger partial charge in [-0.2, -0.15) is 0 Å². The normalized spacial score (nSPS) is 11.0. The Morgan fingerprint density at radius 1 is 0.905 bits per heavy atom. The second-order valence-electron chi connectivity index (χ2n) is 4.09. The molecule has 1 N–H and O–H groups in total. The van der Waals surface area contributed by atoms with Crippen molar-refractivity contribution in [1.82, 2.24) is 0 Å². The summed E-state index contributed by atoms with van der Waals surface area (Å²) in [5.41, 5.74) is 1.59. The molecular formula is C15H8Cl4O2. The number of carboxylic acid groups (broad SMARTS) is 1. The number of aliphatic carboxylic acids is 1. The van der Waals surface area contributed by atoms with Crippen molar-refractivity contribution in [3.8, 4) is 11.1 Å². The predicted octanol–water partition coefficient (Wildman–Crippen LogP) is 6.07. The zero-order chi connectivity index (χ0) is 15.6. The lowest BCUT2D eigenvalue weighted by atomic mass is 9.99. The largest absolute Gasteiger partial charge is 0.478 e. The molecule has 2 aromatic carbocycles. The molecule has 21 heavy (non-hydrogen) atoms. The Balaban J connectivity index is 2.75. The quantitative estimate of drug-likeness (QED) is 0.532. The molecule has 0 aromatic heterocycles. The third-order valence-corrected chi connectivity index (χ3v) is 4.18. The minimum Gasteiger partial charge on any atom is -0.478 e. The molecule has 108 valence electrons. The second-order valence-corrected chi connectivity index (χ2v) is 5.69.